The molecule has 1 saturated carbocycles. The van der Waals surface area contributed by atoms with Crippen LogP contribution in [-0.4, -0.2) is 50.0 Å². The highest BCUT2D eigenvalue weighted by atomic mass is 79.9. The number of hydrogen-bond acceptors (Lipinski definition) is 4. The number of nitrogens with zero attached hydrogens (tertiary/aromatic N) is 2. The third-order valence-corrected chi connectivity index (χ3v) is 8.20. The number of amides is 2. The molecule has 2 amide bonds. The minimum absolute atomic E-state index is 0.0772. The minimum atomic E-state index is -3.77. The quantitative estimate of drug-likeness (QED) is 0.462. The lowest BCUT2D eigenvalue weighted by molar-refractivity contribution is -0.139. The summed E-state index contributed by atoms with van der Waals surface area (Å²) in [5.74, 6) is -0.757. The number of sulfonamides is 1. The first-order valence-corrected chi connectivity index (χ1v) is 14.6. The van der Waals surface area contributed by atoms with Crippen LogP contribution in [0.2, 0.25) is 5.02 Å². The van der Waals surface area contributed by atoms with Crippen molar-refractivity contribution in [2.24, 2.45) is 0 Å². The summed E-state index contributed by atoms with van der Waals surface area (Å²) in [5, 5.41) is 3.54. The monoisotopic (exact) mass is 583 g/mol. The second-order valence-electron chi connectivity index (χ2n) is 8.88. The van der Waals surface area contributed by atoms with Crippen LogP contribution >= 0.6 is 27.5 Å². The van der Waals surface area contributed by atoms with Crippen LogP contribution in [0.3, 0.4) is 0 Å². The highest BCUT2D eigenvalue weighted by Crippen LogP contribution is 2.24. The maximum absolute atomic E-state index is 13.6. The zero-order chi connectivity index (χ0) is 25.6. The summed E-state index contributed by atoms with van der Waals surface area (Å²) in [5.41, 5.74) is 1.03. The van der Waals surface area contributed by atoms with Gasteiger partial charge in [-0.1, -0.05) is 71.1 Å². The Bertz CT molecular complexity index is 1150. The summed E-state index contributed by atoms with van der Waals surface area (Å²) in [6.45, 7) is 1.30. The molecule has 0 aliphatic heterocycles. The van der Waals surface area contributed by atoms with E-state index in [4.69, 9.17) is 11.6 Å². The van der Waals surface area contributed by atoms with E-state index in [1.54, 1.807) is 55.5 Å². The summed E-state index contributed by atoms with van der Waals surface area (Å²) < 4.78 is 27.0. The lowest BCUT2D eigenvalue weighted by atomic mass is 9.95. The van der Waals surface area contributed by atoms with Gasteiger partial charge in [-0.15, -0.1) is 0 Å². The molecule has 2 aromatic carbocycles. The Balaban J connectivity index is 1.88. The molecule has 0 aromatic heterocycles. The average molecular weight is 585 g/mol. The van der Waals surface area contributed by atoms with Gasteiger partial charge in [0, 0.05) is 22.1 Å². The molecule has 0 bridgehead atoms. The summed E-state index contributed by atoms with van der Waals surface area (Å²) in [4.78, 5) is 28.1. The fraction of sp³-hybridized carbons (Fsp3) is 0.440. The van der Waals surface area contributed by atoms with Crippen LogP contribution in [0, 0.1) is 0 Å². The molecule has 0 heterocycles. The van der Waals surface area contributed by atoms with Crippen molar-refractivity contribution in [3.05, 3.63) is 63.6 Å². The fourth-order valence-electron chi connectivity index (χ4n) is 4.21. The molecule has 1 aliphatic carbocycles. The predicted octanol–water partition coefficient (Wildman–Crippen LogP) is 4.73. The summed E-state index contributed by atoms with van der Waals surface area (Å²) in [6, 6.07) is 13.1. The van der Waals surface area contributed by atoms with Crippen molar-refractivity contribution in [3.63, 3.8) is 0 Å². The standard InChI is InChI=1S/C25H31BrClN3O4S/c1-18(25(32)28-21-11-4-3-5-12-21)29(16-19-9-6-7-14-23(19)27)24(31)17-30(35(2,33)34)22-13-8-10-20(26)15-22/h6-10,13-15,18,21H,3-5,11-12,16-17H2,1-2H3,(H,28,32). The maximum Gasteiger partial charge on any atom is 0.244 e. The Kier molecular flexibility index (Phi) is 9.61. The number of rotatable bonds is 9. The highest BCUT2D eigenvalue weighted by molar-refractivity contribution is 9.10. The molecule has 2 aromatic rings. The van der Waals surface area contributed by atoms with E-state index in [0.717, 1.165) is 42.7 Å². The third-order valence-electron chi connectivity index (χ3n) is 6.19. The number of anilines is 1. The third kappa shape index (κ3) is 7.69. The van der Waals surface area contributed by atoms with Crippen LogP contribution in [0.4, 0.5) is 5.69 Å². The topological polar surface area (TPSA) is 86.8 Å². The van der Waals surface area contributed by atoms with Crippen LogP contribution in [0.5, 0.6) is 0 Å². The van der Waals surface area contributed by atoms with Gasteiger partial charge in [-0.3, -0.25) is 13.9 Å². The summed E-state index contributed by atoms with van der Waals surface area (Å²) in [6.07, 6.45) is 6.19. The molecule has 1 fully saturated rings. The number of nitrogens with one attached hydrogen (secondary N) is 1. The van der Waals surface area contributed by atoms with Crippen molar-refractivity contribution in [2.75, 3.05) is 17.1 Å². The normalized spacial score (nSPS) is 15.3. The van der Waals surface area contributed by atoms with E-state index in [0.29, 0.717) is 20.7 Å². The molecule has 1 N–H and O–H groups in total. The number of carbonyl (C=O) groups excluding carboxylic acids is 2. The molecular formula is C25H31BrClN3O4S. The SMILES string of the molecule is CC(C(=O)NC1CCCCC1)N(Cc1ccccc1Cl)C(=O)CN(c1cccc(Br)c1)S(C)(=O)=O. The average Bonchev–Trinajstić information content (AvgIpc) is 2.81. The van der Waals surface area contributed by atoms with E-state index in [9.17, 15) is 18.0 Å². The molecule has 35 heavy (non-hydrogen) atoms. The van der Waals surface area contributed by atoms with E-state index in [1.807, 2.05) is 0 Å². The van der Waals surface area contributed by atoms with Crippen LogP contribution < -0.4 is 9.62 Å². The molecule has 1 atom stereocenters. The lowest BCUT2D eigenvalue weighted by Crippen LogP contribution is -2.53. The van der Waals surface area contributed by atoms with Crippen molar-refractivity contribution >= 4 is 55.1 Å². The molecule has 0 radical (unpaired) electrons. The minimum Gasteiger partial charge on any atom is -0.352 e. The van der Waals surface area contributed by atoms with Gasteiger partial charge in [-0.25, -0.2) is 8.42 Å². The Hall–Kier alpha value is -2.10. The second kappa shape index (κ2) is 12.2. The molecule has 3 rings (SSSR count). The van der Waals surface area contributed by atoms with Crippen molar-refractivity contribution in [1.82, 2.24) is 10.2 Å². The Morgan fingerprint density at radius 3 is 2.43 bits per heavy atom. The van der Waals surface area contributed by atoms with Gasteiger partial charge in [-0.05, 0) is 49.6 Å². The first kappa shape index (κ1) is 27.5. The summed E-state index contributed by atoms with van der Waals surface area (Å²) in [7, 11) is -3.77. The van der Waals surface area contributed by atoms with Gasteiger partial charge in [0.15, 0.2) is 0 Å². The maximum atomic E-state index is 13.6. The first-order valence-electron chi connectivity index (χ1n) is 11.6. The smallest absolute Gasteiger partial charge is 0.244 e. The van der Waals surface area contributed by atoms with E-state index in [1.165, 1.54) is 4.90 Å². The van der Waals surface area contributed by atoms with Crippen molar-refractivity contribution in [1.29, 1.82) is 0 Å². The van der Waals surface area contributed by atoms with E-state index in [2.05, 4.69) is 21.2 Å². The number of halogens is 2. The van der Waals surface area contributed by atoms with Gasteiger partial charge in [-0.2, -0.15) is 0 Å². The van der Waals surface area contributed by atoms with Gasteiger partial charge >= 0.3 is 0 Å². The number of hydrogen-bond donors (Lipinski definition) is 1. The van der Waals surface area contributed by atoms with Gasteiger partial charge in [0.1, 0.15) is 12.6 Å². The van der Waals surface area contributed by atoms with Crippen LogP contribution in [-0.2, 0) is 26.2 Å². The second-order valence-corrected chi connectivity index (χ2v) is 12.1. The largest absolute Gasteiger partial charge is 0.352 e. The van der Waals surface area contributed by atoms with Crippen molar-refractivity contribution in [3.8, 4) is 0 Å². The van der Waals surface area contributed by atoms with E-state index >= 15 is 0 Å². The molecule has 0 spiro atoms. The molecule has 7 nitrogen and oxygen atoms in total. The molecule has 0 saturated heterocycles. The molecule has 1 unspecified atom stereocenters. The molecule has 190 valence electrons. The Morgan fingerprint density at radius 2 is 1.80 bits per heavy atom. The van der Waals surface area contributed by atoms with Crippen LogP contribution in [0.1, 0.15) is 44.6 Å². The van der Waals surface area contributed by atoms with Gasteiger partial charge < -0.3 is 10.2 Å². The zero-order valence-electron chi connectivity index (χ0n) is 19.9. The van der Waals surface area contributed by atoms with Crippen LogP contribution in [0.25, 0.3) is 0 Å². The Labute approximate surface area is 221 Å². The number of carbonyl (C=O) groups is 2. The molecule has 10 heteroatoms. The van der Waals surface area contributed by atoms with Crippen LogP contribution in [0.15, 0.2) is 53.0 Å². The molecule has 1 aliphatic rings. The molecular weight excluding hydrogens is 554 g/mol. The number of benzene rings is 2. The first-order chi connectivity index (χ1) is 16.6. The van der Waals surface area contributed by atoms with E-state index in [-0.39, 0.29) is 18.5 Å². The fourth-order valence-corrected chi connectivity index (χ4v) is 5.63. The van der Waals surface area contributed by atoms with Crippen molar-refractivity contribution in [2.45, 2.75) is 57.7 Å². The highest BCUT2D eigenvalue weighted by Gasteiger charge is 2.31. The zero-order valence-corrected chi connectivity index (χ0v) is 23.1. The van der Waals surface area contributed by atoms with Crippen molar-refractivity contribution < 1.29 is 18.0 Å². The van der Waals surface area contributed by atoms with E-state index < -0.39 is 28.5 Å². The van der Waals surface area contributed by atoms with Gasteiger partial charge in [0.2, 0.25) is 21.8 Å². The lowest BCUT2D eigenvalue weighted by Gasteiger charge is -2.33. The summed E-state index contributed by atoms with van der Waals surface area (Å²) >= 11 is 9.70. The van der Waals surface area contributed by atoms with Gasteiger partial charge in [0.25, 0.3) is 0 Å². The van der Waals surface area contributed by atoms with Gasteiger partial charge in [0.05, 0.1) is 11.9 Å². The Morgan fingerprint density at radius 1 is 1.11 bits per heavy atom. The predicted molar refractivity (Wildman–Crippen MR) is 143 cm³/mol.